The molecular formula is C7H9BrO. The van der Waals surface area contributed by atoms with Gasteiger partial charge in [-0.1, -0.05) is 22.0 Å². The fourth-order valence-corrected chi connectivity index (χ4v) is 1.28. The number of ether oxygens (including phenoxy) is 1. The Bertz CT molecular complexity index is 158. The molecule has 0 heterocycles. The van der Waals surface area contributed by atoms with Crippen molar-refractivity contribution < 1.29 is 4.74 Å². The second-order valence-electron chi connectivity index (χ2n) is 1.94. The molecule has 0 amide bonds. The smallest absolute Gasteiger partial charge is 0.0969 e. The molecule has 0 saturated heterocycles. The molecule has 0 saturated carbocycles. The molecule has 0 aliphatic heterocycles. The van der Waals surface area contributed by atoms with Crippen LogP contribution in [-0.2, 0) is 4.74 Å². The molecule has 9 heavy (non-hydrogen) atoms. The minimum absolute atomic E-state index is 1.03. The third kappa shape index (κ3) is 1.86. The van der Waals surface area contributed by atoms with Crippen LogP contribution in [0.25, 0.3) is 0 Å². The third-order valence-electron chi connectivity index (χ3n) is 1.29. The van der Waals surface area contributed by atoms with E-state index in [1.165, 1.54) is 0 Å². The van der Waals surface area contributed by atoms with Gasteiger partial charge >= 0.3 is 0 Å². The third-order valence-corrected chi connectivity index (χ3v) is 1.84. The Labute approximate surface area is 63.5 Å². The maximum atomic E-state index is 5.05. The summed E-state index contributed by atoms with van der Waals surface area (Å²) in [7, 11) is 1.71. The van der Waals surface area contributed by atoms with E-state index in [4.69, 9.17) is 4.74 Å². The number of methoxy groups -OCH3 is 1. The fraction of sp³-hybridized carbons (Fsp3) is 0.429. The molecule has 0 aromatic rings. The van der Waals surface area contributed by atoms with Gasteiger partial charge in [0, 0.05) is 10.9 Å². The topological polar surface area (TPSA) is 9.23 Å². The van der Waals surface area contributed by atoms with Crippen LogP contribution in [0.4, 0.5) is 0 Å². The molecule has 1 rings (SSSR count). The summed E-state index contributed by atoms with van der Waals surface area (Å²) in [4.78, 5) is 0. The van der Waals surface area contributed by atoms with Crippen LogP contribution in [0.1, 0.15) is 12.8 Å². The van der Waals surface area contributed by atoms with Gasteiger partial charge in [0.25, 0.3) is 0 Å². The van der Waals surface area contributed by atoms with E-state index < -0.39 is 0 Å². The largest absolute Gasteiger partial charge is 0.501 e. The quantitative estimate of drug-likeness (QED) is 0.615. The minimum Gasteiger partial charge on any atom is -0.501 e. The Morgan fingerprint density at radius 3 is 2.89 bits per heavy atom. The van der Waals surface area contributed by atoms with E-state index in [2.05, 4.69) is 22.0 Å². The Morgan fingerprint density at radius 1 is 1.67 bits per heavy atom. The van der Waals surface area contributed by atoms with Crippen molar-refractivity contribution in [3.8, 4) is 0 Å². The Hall–Kier alpha value is -0.240. The van der Waals surface area contributed by atoms with Gasteiger partial charge in [-0.2, -0.15) is 0 Å². The summed E-state index contributed by atoms with van der Waals surface area (Å²) in [5, 5.41) is 0. The van der Waals surface area contributed by atoms with E-state index in [0.717, 1.165) is 23.1 Å². The van der Waals surface area contributed by atoms with Crippen molar-refractivity contribution >= 4 is 15.9 Å². The normalized spacial score (nSPS) is 18.4. The molecule has 0 radical (unpaired) electrons. The Kier molecular flexibility index (Phi) is 2.34. The van der Waals surface area contributed by atoms with Gasteiger partial charge in [-0.25, -0.2) is 0 Å². The van der Waals surface area contributed by atoms with Crippen LogP contribution in [0.5, 0.6) is 0 Å². The average Bonchev–Trinajstić information content (AvgIpc) is 1.88. The van der Waals surface area contributed by atoms with Crippen molar-refractivity contribution in [1.82, 2.24) is 0 Å². The van der Waals surface area contributed by atoms with E-state index >= 15 is 0 Å². The first-order chi connectivity index (χ1) is 4.33. The van der Waals surface area contributed by atoms with Crippen LogP contribution in [0, 0.1) is 0 Å². The molecule has 1 aliphatic carbocycles. The van der Waals surface area contributed by atoms with Crippen molar-refractivity contribution in [1.29, 1.82) is 0 Å². The highest BCUT2D eigenvalue weighted by Gasteiger charge is 2.01. The lowest BCUT2D eigenvalue weighted by Gasteiger charge is -2.07. The molecule has 1 nitrogen and oxygen atoms in total. The molecule has 0 N–H and O–H groups in total. The van der Waals surface area contributed by atoms with Gasteiger partial charge in [0.05, 0.1) is 12.9 Å². The van der Waals surface area contributed by atoms with Gasteiger partial charge < -0.3 is 4.74 Å². The molecule has 1 aliphatic rings. The first-order valence-corrected chi connectivity index (χ1v) is 3.72. The monoisotopic (exact) mass is 188 g/mol. The average molecular weight is 189 g/mol. The lowest BCUT2D eigenvalue weighted by Crippen LogP contribution is -1.90. The van der Waals surface area contributed by atoms with E-state index in [1.807, 2.05) is 6.08 Å². The van der Waals surface area contributed by atoms with E-state index in [1.54, 1.807) is 7.11 Å². The second kappa shape index (κ2) is 3.06. The molecule has 0 unspecified atom stereocenters. The van der Waals surface area contributed by atoms with Gasteiger partial charge in [0.1, 0.15) is 0 Å². The van der Waals surface area contributed by atoms with Crippen LogP contribution in [0.2, 0.25) is 0 Å². The van der Waals surface area contributed by atoms with Crippen molar-refractivity contribution in [2.45, 2.75) is 12.8 Å². The molecule has 50 valence electrons. The van der Waals surface area contributed by atoms with Crippen molar-refractivity contribution in [2.24, 2.45) is 0 Å². The second-order valence-corrected chi connectivity index (χ2v) is 2.86. The van der Waals surface area contributed by atoms with Gasteiger partial charge in [-0.15, -0.1) is 0 Å². The van der Waals surface area contributed by atoms with Crippen molar-refractivity contribution in [3.63, 3.8) is 0 Å². The standard InChI is InChI=1S/C7H9BrO/c1-9-7-4-2-3-6(8)5-7/h3,5H,2,4H2,1H3. The number of rotatable bonds is 1. The summed E-state index contributed by atoms with van der Waals surface area (Å²) >= 11 is 3.37. The fourth-order valence-electron chi connectivity index (χ4n) is 0.798. The van der Waals surface area contributed by atoms with E-state index in [0.29, 0.717) is 0 Å². The lowest BCUT2D eigenvalue weighted by molar-refractivity contribution is 0.276. The van der Waals surface area contributed by atoms with Crippen LogP contribution in [0.15, 0.2) is 22.4 Å². The molecule has 0 atom stereocenters. The summed E-state index contributed by atoms with van der Waals surface area (Å²) in [5.74, 6) is 1.06. The highest BCUT2D eigenvalue weighted by atomic mass is 79.9. The van der Waals surface area contributed by atoms with Gasteiger partial charge in [0.2, 0.25) is 0 Å². The predicted molar refractivity (Wildman–Crippen MR) is 41.3 cm³/mol. The van der Waals surface area contributed by atoms with Crippen LogP contribution >= 0.6 is 15.9 Å². The first-order valence-electron chi connectivity index (χ1n) is 2.93. The maximum absolute atomic E-state index is 5.05. The van der Waals surface area contributed by atoms with Gasteiger partial charge in [-0.3, -0.25) is 0 Å². The van der Waals surface area contributed by atoms with Gasteiger partial charge in [-0.05, 0) is 12.5 Å². The Balaban J connectivity index is 2.63. The number of hydrogen-bond acceptors (Lipinski definition) is 1. The summed E-state index contributed by atoms with van der Waals surface area (Å²) < 4.78 is 6.18. The number of allylic oxidation sites excluding steroid dienone is 4. The lowest BCUT2D eigenvalue weighted by atomic mass is 10.2. The molecule has 0 aromatic carbocycles. The Morgan fingerprint density at radius 2 is 2.44 bits per heavy atom. The zero-order valence-corrected chi connectivity index (χ0v) is 6.94. The number of halogens is 1. The van der Waals surface area contributed by atoms with Crippen LogP contribution < -0.4 is 0 Å². The maximum Gasteiger partial charge on any atom is 0.0969 e. The van der Waals surface area contributed by atoms with Crippen LogP contribution in [-0.4, -0.2) is 7.11 Å². The van der Waals surface area contributed by atoms with Crippen LogP contribution in [0.3, 0.4) is 0 Å². The molecule has 2 heteroatoms. The molecular weight excluding hydrogens is 180 g/mol. The number of hydrogen-bond donors (Lipinski definition) is 0. The first kappa shape index (κ1) is 6.87. The summed E-state index contributed by atoms with van der Waals surface area (Å²) in [6, 6.07) is 0. The zero-order chi connectivity index (χ0) is 6.69. The van der Waals surface area contributed by atoms with Crippen molar-refractivity contribution in [3.05, 3.63) is 22.4 Å². The highest BCUT2D eigenvalue weighted by molar-refractivity contribution is 9.11. The predicted octanol–water partition coefficient (Wildman–Crippen LogP) is 2.59. The highest BCUT2D eigenvalue weighted by Crippen LogP contribution is 2.20. The van der Waals surface area contributed by atoms with E-state index in [9.17, 15) is 0 Å². The zero-order valence-electron chi connectivity index (χ0n) is 5.36. The summed E-state index contributed by atoms with van der Waals surface area (Å²) in [6.07, 6.45) is 6.26. The minimum atomic E-state index is 1.03. The van der Waals surface area contributed by atoms with Gasteiger partial charge in [0.15, 0.2) is 0 Å². The van der Waals surface area contributed by atoms with E-state index in [-0.39, 0.29) is 0 Å². The molecule has 0 fully saturated rings. The summed E-state index contributed by atoms with van der Waals surface area (Å²) in [6.45, 7) is 0. The molecule has 0 aromatic heterocycles. The van der Waals surface area contributed by atoms with Crippen molar-refractivity contribution in [2.75, 3.05) is 7.11 Å². The molecule has 0 bridgehead atoms. The SMILES string of the molecule is COC1=CC(Br)=CCC1. The molecule has 0 spiro atoms. The summed E-state index contributed by atoms with van der Waals surface area (Å²) in [5.41, 5.74) is 0.